The van der Waals surface area contributed by atoms with Crippen molar-refractivity contribution >= 4 is 5.97 Å². The first-order valence-corrected chi connectivity index (χ1v) is 5.84. The molecule has 1 aromatic carbocycles. The summed E-state index contributed by atoms with van der Waals surface area (Å²) in [7, 11) is 0. The molecule has 3 heteroatoms. The molecule has 94 valence electrons. The van der Waals surface area contributed by atoms with Gasteiger partial charge in [-0.25, -0.2) is 4.79 Å². The first-order chi connectivity index (χ1) is 7.84. The van der Waals surface area contributed by atoms with E-state index in [1.54, 1.807) is 6.92 Å². The summed E-state index contributed by atoms with van der Waals surface area (Å²) in [5.74, 6) is -0.320. The highest BCUT2D eigenvalue weighted by molar-refractivity contribution is 5.72. The molecule has 0 fully saturated rings. The molecule has 0 bridgehead atoms. The van der Waals surface area contributed by atoms with Crippen LogP contribution in [0.4, 0.5) is 0 Å². The van der Waals surface area contributed by atoms with E-state index in [1.807, 2.05) is 24.3 Å². The highest BCUT2D eigenvalue weighted by Crippen LogP contribution is 2.24. The number of hydrogen-bond acceptors (Lipinski definition) is 2. The zero-order valence-electron chi connectivity index (χ0n) is 10.9. The SMILES string of the molecule is CC[C@H](Oc1ccc(C(C)(C)C)cc1)C(=O)O. The molecule has 0 unspecified atom stereocenters. The summed E-state index contributed by atoms with van der Waals surface area (Å²) in [5, 5.41) is 8.89. The van der Waals surface area contributed by atoms with Crippen LogP contribution in [0.2, 0.25) is 0 Å². The van der Waals surface area contributed by atoms with Gasteiger partial charge in [0.25, 0.3) is 0 Å². The fourth-order valence-corrected chi connectivity index (χ4v) is 1.51. The Morgan fingerprint density at radius 1 is 1.29 bits per heavy atom. The van der Waals surface area contributed by atoms with Crippen LogP contribution < -0.4 is 4.74 Å². The van der Waals surface area contributed by atoms with Gasteiger partial charge >= 0.3 is 5.97 Å². The fourth-order valence-electron chi connectivity index (χ4n) is 1.51. The molecule has 0 heterocycles. The van der Waals surface area contributed by atoms with Crippen LogP contribution in [0.5, 0.6) is 5.75 Å². The van der Waals surface area contributed by atoms with Gasteiger partial charge in [-0.2, -0.15) is 0 Å². The highest BCUT2D eigenvalue weighted by atomic mass is 16.5. The van der Waals surface area contributed by atoms with E-state index in [-0.39, 0.29) is 5.41 Å². The van der Waals surface area contributed by atoms with Crippen molar-refractivity contribution < 1.29 is 14.6 Å². The van der Waals surface area contributed by atoms with E-state index in [0.717, 1.165) is 0 Å². The van der Waals surface area contributed by atoms with E-state index >= 15 is 0 Å². The van der Waals surface area contributed by atoms with Crippen molar-refractivity contribution in [3.63, 3.8) is 0 Å². The number of carboxylic acid groups (broad SMARTS) is 1. The van der Waals surface area contributed by atoms with Crippen molar-refractivity contribution in [3.05, 3.63) is 29.8 Å². The predicted molar refractivity (Wildman–Crippen MR) is 67.5 cm³/mol. The molecule has 0 radical (unpaired) electrons. The molecule has 1 atom stereocenters. The van der Waals surface area contributed by atoms with Gasteiger partial charge in [-0.15, -0.1) is 0 Å². The zero-order valence-corrected chi connectivity index (χ0v) is 10.9. The van der Waals surface area contributed by atoms with Gasteiger partial charge in [0.05, 0.1) is 0 Å². The van der Waals surface area contributed by atoms with E-state index in [4.69, 9.17) is 9.84 Å². The number of ether oxygens (including phenoxy) is 1. The maximum Gasteiger partial charge on any atom is 0.344 e. The lowest BCUT2D eigenvalue weighted by Gasteiger charge is -2.20. The molecule has 0 saturated carbocycles. The molecule has 0 aliphatic heterocycles. The van der Waals surface area contributed by atoms with Gasteiger partial charge in [0.2, 0.25) is 0 Å². The second kappa shape index (κ2) is 5.21. The minimum atomic E-state index is -0.924. The van der Waals surface area contributed by atoms with Crippen LogP contribution in [-0.2, 0) is 10.2 Å². The van der Waals surface area contributed by atoms with Crippen LogP contribution in [-0.4, -0.2) is 17.2 Å². The number of benzene rings is 1. The Bertz CT molecular complexity index is 373. The minimum Gasteiger partial charge on any atom is -0.479 e. The molecule has 17 heavy (non-hydrogen) atoms. The Kier molecular flexibility index (Phi) is 4.16. The van der Waals surface area contributed by atoms with Crippen LogP contribution in [0.1, 0.15) is 39.7 Å². The molecule has 1 rings (SSSR count). The van der Waals surface area contributed by atoms with Crippen molar-refractivity contribution in [1.29, 1.82) is 0 Å². The standard InChI is InChI=1S/C14H20O3/c1-5-12(13(15)16)17-11-8-6-10(7-9-11)14(2,3)4/h6-9,12H,5H2,1-4H3,(H,15,16)/t12-/m0/s1. The number of hydrogen-bond donors (Lipinski definition) is 1. The fraction of sp³-hybridized carbons (Fsp3) is 0.500. The molecule has 0 amide bonds. The van der Waals surface area contributed by atoms with Gasteiger partial charge in [0.15, 0.2) is 6.10 Å². The van der Waals surface area contributed by atoms with E-state index < -0.39 is 12.1 Å². The maximum atomic E-state index is 10.8. The van der Waals surface area contributed by atoms with E-state index in [2.05, 4.69) is 20.8 Å². The van der Waals surface area contributed by atoms with Crippen LogP contribution in [0.3, 0.4) is 0 Å². The summed E-state index contributed by atoms with van der Waals surface area (Å²) in [6.07, 6.45) is -0.313. The lowest BCUT2D eigenvalue weighted by molar-refractivity contribution is -0.145. The van der Waals surface area contributed by atoms with E-state index in [9.17, 15) is 4.79 Å². The Morgan fingerprint density at radius 3 is 2.18 bits per heavy atom. The van der Waals surface area contributed by atoms with Gasteiger partial charge in [0.1, 0.15) is 5.75 Å². The third-order valence-electron chi connectivity index (χ3n) is 2.64. The summed E-state index contributed by atoms with van der Waals surface area (Å²) < 4.78 is 5.39. The Hall–Kier alpha value is -1.51. The van der Waals surface area contributed by atoms with Gasteiger partial charge in [-0.05, 0) is 29.5 Å². The van der Waals surface area contributed by atoms with Crippen molar-refractivity contribution in [2.75, 3.05) is 0 Å². The van der Waals surface area contributed by atoms with Crippen molar-refractivity contribution in [3.8, 4) is 5.75 Å². The monoisotopic (exact) mass is 236 g/mol. The molecule has 0 aliphatic rings. The highest BCUT2D eigenvalue weighted by Gasteiger charge is 2.17. The number of carboxylic acids is 1. The molecule has 1 aromatic rings. The van der Waals surface area contributed by atoms with Crippen LogP contribution in [0.15, 0.2) is 24.3 Å². The average molecular weight is 236 g/mol. The second-order valence-corrected chi connectivity index (χ2v) is 5.13. The average Bonchev–Trinajstić information content (AvgIpc) is 2.25. The quantitative estimate of drug-likeness (QED) is 0.873. The molecule has 0 aliphatic carbocycles. The normalized spacial score (nSPS) is 13.2. The molecule has 3 nitrogen and oxygen atoms in total. The van der Waals surface area contributed by atoms with Crippen LogP contribution in [0.25, 0.3) is 0 Å². The second-order valence-electron chi connectivity index (χ2n) is 5.13. The van der Waals surface area contributed by atoms with Crippen LogP contribution >= 0.6 is 0 Å². The van der Waals surface area contributed by atoms with E-state index in [0.29, 0.717) is 12.2 Å². The van der Waals surface area contributed by atoms with Gasteiger partial charge in [0, 0.05) is 0 Å². The summed E-state index contributed by atoms with van der Waals surface area (Å²) in [4.78, 5) is 10.8. The molecule has 0 spiro atoms. The third-order valence-corrected chi connectivity index (χ3v) is 2.64. The van der Waals surface area contributed by atoms with Crippen molar-refractivity contribution in [1.82, 2.24) is 0 Å². The summed E-state index contributed by atoms with van der Waals surface area (Å²) in [6.45, 7) is 8.20. The number of aliphatic carboxylic acids is 1. The third kappa shape index (κ3) is 3.77. The summed E-state index contributed by atoms with van der Waals surface area (Å²) >= 11 is 0. The number of rotatable bonds is 4. The Labute approximate surface area is 102 Å². The van der Waals surface area contributed by atoms with Crippen molar-refractivity contribution in [2.24, 2.45) is 0 Å². The topological polar surface area (TPSA) is 46.5 Å². The zero-order chi connectivity index (χ0) is 13.1. The van der Waals surface area contributed by atoms with Gasteiger partial charge in [-0.1, -0.05) is 39.8 Å². The molecule has 0 aromatic heterocycles. The smallest absolute Gasteiger partial charge is 0.344 e. The molecular weight excluding hydrogens is 216 g/mol. The number of carbonyl (C=O) groups is 1. The van der Waals surface area contributed by atoms with Crippen molar-refractivity contribution in [2.45, 2.75) is 45.6 Å². The van der Waals surface area contributed by atoms with Gasteiger partial charge in [-0.3, -0.25) is 0 Å². The Balaban J connectivity index is 2.78. The molecule has 1 N–H and O–H groups in total. The predicted octanol–water partition coefficient (Wildman–Crippen LogP) is 3.23. The lowest BCUT2D eigenvalue weighted by Crippen LogP contribution is -2.25. The largest absolute Gasteiger partial charge is 0.479 e. The summed E-state index contributed by atoms with van der Waals surface area (Å²) in [5.41, 5.74) is 1.29. The summed E-state index contributed by atoms with van der Waals surface area (Å²) in [6, 6.07) is 7.60. The molecular formula is C14H20O3. The van der Waals surface area contributed by atoms with E-state index in [1.165, 1.54) is 5.56 Å². The first kappa shape index (κ1) is 13.6. The maximum absolute atomic E-state index is 10.8. The van der Waals surface area contributed by atoms with Crippen LogP contribution in [0, 0.1) is 0 Å². The molecule has 0 saturated heterocycles. The Morgan fingerprint density at radius 2 is 1.82 bits per heavy atom. The first-order valence-electron chi connectivity index (χ1n) is 5.84. The minimum absolute atomic E-state index is 0.0927. The lowest BCUT2D eigenvalue weighted by atomic mass is 9.87. The van der Waals surface area contributed by atoms with Gasteiger partial charge < -0.3 is 9.84 Å².